The normalized spacial score (nSPS) is 11.1. The lowest BCUT2D eigenvalue weighted by Gasteiger charge is -2.03. The Kier molecular flexibility index (Phi) is 4.10. The molecule has 126 valence electrons. The summed E-state index contributed by atoms with van der Waals surface area (Å²) in [4.78, 5) is 21.5. The van der Waals surface area contributed by atoms with Crippen molar-refractivity contribution in [3.63, 3.8) is 0 Å². The summed E-state index contributed by atoms with van der Waals surface area (Å²) >= 11 is 4.82. The molecule has 0 amide bonds. The van der Waals surface area contributed by atoms with Crippen molar-refractivity contribution in [1.29, 1.82) is 0 Å². The van der Waals surface area contributed by atoms with Crippen LogP contribution in [-0.2, 0) is 13.6 Å². The number of halogens is 1. The molecule has 0 saturated carbocycles. The molecule has 0 fully saturated rings. The van der Waals surface area contributed by atoms with E-state index < -0.39 is 0 Å². The van der Waals surface area contributed by atoms with Gasteiger partial charge >= 0.3 is 0 Å². The zero-order valence-corrected chi connectivity index (χ0v) is 15.6. The van der Waals surface area contributed by atoms with Gasteiger partial charge in [-0.05, 0) is 28.1 Å². The fraction of sp³-hybridized carbons (Fsp3) is 0.125. The molecule has 0 aliphatic carbocycles. The molecular weight excluding hydrogens is 404 g/mol. The SMILES string of the molecule is Cn1nc(Br)c2c(=O)n(Cc3csc(Nc4ccccc4)n3)cnc21. The summed E-state index contributed by atoms with van der Waals surface area (Å²) in [7, 11) is 1.76. The molecular formula is C16H13BrN6OS. The molecule has 9 heteroatoms. The number of hydrogen-bond donors (Lipinski definition) is 1. The maximum Gasteiger partial charge on any atom is 0.266 e. The van der Waals surface area contributed by atoms with Crippen molar-refractivity contribution in [1.82, 2.24) is 24.3 Å². The number of para-hydroxylation sites is 1. The highest BCUT2D eigenvalue weighted by Crippen LogP contribution is 2.21. The largest absolute Gasteiger partial charge is 0.332 e. The molecule has 0 unspecified atom stereocenters. The van der Waals surface area contributed by atoms with E-state index in [9.17, 15) is 4.79 Å². The van der Waals surface area contributed by atoms with Crippen LogP contribution in [0.4, 0.5) is 10.8 Å². The Morgan fingerprint density at radius 3 is 2.88 bits per heavy atom. The van der Waals surface area contributed by atoms with E-state index in [1.807, 2.05) is 35.7 Å². The first-order chi connectivity index (χ1) is 12.1. The monoisotopic (exact) mass is 416 g/mol. The Labute approximate surface area is 155 Å². The molecule has 3 heterocycles. The first-order valence-electron chi connectivity index (χ1n) is 7.46. The van der Waals surface area contributed by atoms with Crippen LogP contribution in [0.3, 0.4) is 0 Å². The molecule has 0 saturated heterocycles. The minimum Gasteiger partial charge on any atom is -0.332 e. The number of nitrogens with one attached hydrogen (secondary N) is 1. The average Bonchev–Trinajstić information content (AvgIpc) is 3.15. The Balaban J connectivity index is 1.61. The summed E-state index contributed by atoms with van der Waals surface area (Å²) in [5, 5.41) is 10.6. The summed E-state index contributed by atoms with van der Waals surface area (Å²) in [5.74, 6) is 0. The van der Waals surface area contributed by atoms with Crippen LogP contribution in [0.25, 0.3) is 11.0 Å². The van der Waals surface area contributed by atoms with Gasteiger partial charge < -0.3 is 5.32 Å². The molecule has 0 aliphatic rings. The number of nitrogens with zero attached hydrogens (tertiary/aromatic N) is 5. The minimum absolute atomic E-state index is 0.143. The summed E-state index contributed by atoms with van der Waals surface area (Å²) < 4.78 is 3.62. The van der Waals surface area contributed by atoms with Gasteiger partial charge in [0.05, 0.1) is 12.2 Å². The van der Waals surface area contributed by atoms with Gasteiger partial charge in [0.25, 0.3) is 5.56 Å². The molecule has 3 aromatic heterocycles. The summed E-state index contributed by atoms with van der Waals surface area (Å²) in [6.07, 6.45) is 1.53. The fourth-order valence-corrected chi connectivity index (χ4v) is 3.81. The minimum atomic E-state index is -0.143. The van der Waals surface area contributed by atoms with Crippen molar-refractivity contribution in [3.05, 3.63) is 62.7 Å². The van der Waals surface area contributed by atoms with Gasteiger partial charge in [0.15, 0.2) is 10.8 Å². The number of rotatable bonds is 4. The van der Waals surface area contributed by atoms with E-state index in [2.05, 4.69) is 36.3 Å². The zero-order chi connectivity index (χ0) is 17.4. The highest BCUT2D eigenvalue weighted by atomic mass is 79.9. The van der Waals surface area contributed by atoms with Gasteiger partial charge in [-0.15, -0.1) is 11.3 Å². The van der Waals surface area contributed by atoms with Crippen LogP contribution < -0.4 is 10.9 Å². The van der Waals surface area contributed by atoms with Crippen LogP contribution in [0.5, 0.6) is 0 Å². The van der Waals surface area contributed by atoms with Crippen molar-refractivity contribution in [3.8, 4) is 0 Å². The molecule has 0 atom stereocenters. The van der Waals surface area contributed by atoms with Gasteiger partial charge in [-0.1, -0.05) is 18.2 Å². The molecule has 25 heavy (non-hydrogen) atoms. The van der Waals surface area contributed by atoms with Crippen molar-refractivity contribution < 1.29 is 0 Å². The number of aromatic nitrogens is 5. The number of hydrogen-bond acceptors (Lipinski definition) is 6. The second kappa shape index (κ2) is 6.41. The second-order valence-corrected chi connectivity index (χ2v) is 7.03. The highest BCUT2D eigenvalue weighted by molar-refractivity contribution is 9.10. The lowest BCUT2D eigenvalue weighted by Crippen LogP contribution is -2.21. The molecule has 0 aliphatic heterocycles. The molecule has 1 N–H and O–H groups in total. The van der Waals surface area contributed by atoms with Gasteiger partial charge in [0.2, 0.25) is 0 Å². The Morgan fingerprint density at radius 1 is 1.28 bits per heavy atom. The van der Waals surface area contributed by atoms with Gasteiger partial charge in [-0.25, -0.2) is 14.6 Å². The first-order valence-corrected chi connectivity index (χ1v) is 9.13. The van der Waals surface area contributed by atoms with Gasteiger partial charge in [-0.2, -0.15) is 5.10 Å². The van der Waals surface area contributed by atoms with Crippen LogP contribution in [-0.4, -0.2) is 24.3 Å². The Hall–Kier alpha value is -2.52. The number of aryl methyl sites for hydroxylation is 1. The summed E-state index contributed by atoms with van der Waals surface area (Å²) in [5.41, 5.74) is 2.18. The van der Waals surface area contributed by atoms with E-state index in [0.29, 0.717) is 22.2 Å². The van der Waals surface area contributed by atoms with E-state index in [0.717, 1.165) is 16.5 Å². The van der Waals surface area contributed by atoms with Crippen molar-refractivity contribution in [2.75, 3.05) is 5.32 Å². The molecule has 0 radical (unpaired) electrons. The predicted molar refractivity (Wildman–Crippen MR) is 101 cm³/mol. The summed E-state index contributed by atoms with van der Waals surface area (Å²) in [6, 6.07) is 9.84. The van der Waals surface area contributed by atoms with Crippen LogP contribution in [0.1, 0.15) is 5.69 Å². The van der Waals surface area contributed by atoms with Crippen LogP contribution in [0, 0.1) is 0 Å². The van der Waals surface area contributed by atoms with E-state index in [1.54, 1.807) is 11.7 Å². The van der Waals surface area contributed by atoms with Gasteiger partial charge in [-0.3, -0.25) is 9.36 Å². The van der Waals surface area contributed by atoms with Crippen LogP contribution in [0.15, 0.2) is 51.4 Å². The topological polar surface area (TPSA) is 77.6 Å². The Morgan fingerprint density at radius 2 is 2.08 bits per heavy atom. The molecule has 4 aromatic rings. The first kappa shape index (κ1) is 16.0. The average molecular weight is 417 g/mol. The van der Waals surface area contributed by atoms with Gasteiger partial charge in [0.1, 0.15) is 16.3 Å². The number of fused-ring (bicyclic) bond motifs is 1. The van der Waals surface area contributed by atoms with E-state index >= 15 is 0 Å². The third-order valence-corrected chi connectivity index (χ3v) is 5.04. The predicted octanol–water partition coefficient (Wildman–Crippen LogP) is 3.14. The van der Waals surface area contributed by atoms with E-state index in [4.69, 9.17) is 0 Å². The number of benzene rings is 1. The molecule has 4 rings (SSSR count). The zero-order valence-electron chi connectivity index (χ0n) is 13.2. The summed E-state index contributed by atoms with van der Waals surface area (Å²) in [6.45, 7) is 0.357. The molecule has 1 aromatic carbocycles. The third kappa shape index (κ3) is 3.08. The molecule has 0 bridgehead atoms. The molecule has 7 nitrogen and oxygen atoms in total. The van der Waals surface area contributed by atoms with Crippen molar-refractivity contribution in [2.24, 2.45) is 7.05 Å². The third-order valence-electron chi connectivity index (χ3n) is 3.68. The highest BCUT2D eigenvalue weighted by Gasteiger charge is 2.14. The standard InChI is InChI=1S/C16H13BrN6OS/c1-22-14-12(13(17)21-22)15(24)23(9-18-14)7-11-8-25-16(20-11)19-10-5-3-2-4-6-10/h2-6,8-9H,7H2,1H3,(H,19,20). The number of thiazole rings is 1. The van der Waals surface area contributed by atoms with Crippen LogP contribution >= 0.6 is 27.3 Å². The quantitative estimate of drug-likeness (QED) is 0.552. The Bertz CT molecular complexity index is 1100. The fourth-order valence-electron chi connectivity index (χ4n) is 2.50. The number of anilines is 2. The molecule has 0 spiro atoms. The lowest BCUT2D eigenvalue weighted by molar-refractivity contribution is 0.726. The maximum absolute atomic E-state index is 12.7. The smallest absolute Gasteiger partial charge is 0.266 e. The van der Waals surface area contributed by atoms with Crippen molar-refractivity contribution >= 4 is 49.1 Å². The second-order valence-electron chi connectivity index (χ2n) is 5.43. The van der Waals surface area contributed by atoms with E-state index in [1.165, 1.54) is 22.2 Å². The van der Waals surface area contributed by atoms with E-state index in [-0.39, 0.29) is 5.56 Å². The van der Waals surface area contributed by atoms with Gasteiger partial charge in [0, 0.05) is 18.1 Å². The van der Waals surface area contributed by atoms with Crippen molar-refractivity contribution in [2.45, 2.75) is 6.54 Å². The maximum atomic E-state index is 12.7. The van der Waals surface area contributed by atoms with Crippen LogP contribution in [0.2, 0.25) is 0 Å². The lowest BCUT2D eigenvalue weighted by atomic mass is 10.3.